The molecular weight excluding hydrogens is 548 g/mol. The van der Waals surface area contributed by atoms with E-state index < -0.39 is 24.1 Å². The number of imidazole rings is 1. The molecule has 2 aromatic carbocycles. The van der Waals surface area contributed by atoms with Gasteiger partial charge in [-0.2, -0.15) is 0 Å². The van der Waals surface area contributed by atoms with E-state index in [-0.39, 0.29) is 18.7 Å². The highest BCUT2D eigenvalue weighted by Crippen LogP contribution is 2.32. The lowest BCUT2D eigenvalue weighted by Gasteiger charge is -2.16. The van der Waals surface area contributed by atoms with Crippen LogP contribution in [0.15, 0.2) is 54.7 Å². The van der Waals surface area contributed by atoms with Crippen LogP contribution in [0.25, 0.3) is 22.2 Å². The Hall–Kier alpha value is -4.61. The van der Waals surface area contributed by atoms with Gasteiger partial charge in [0.1, 0.15) is 5.82 Å². The Morgan fingerprint density at radius 3 is 2.85 bits per heavy atom. The SMILES string of the molecule is COC(=O)Nc1ccc2c(c1)NC(=O)CC(O)/C=C/CC(NC(=O)Cc1c(C)[nH]c3ccc(Cl)cc13)c1nc-2c[nH]1. The number of aryl methyl sites for hydroxylation is 1. The van der Waals surface area contributed by atoms with Gasteiger partial charge < -0.3 is 30.4 Å². The Morgan fingerprint density at radius 2 is 2.05 bits per heavy atom. The topological polar surface area (TPSA) is 161 Å². The largest absolute Gasteiger partial charge is 0.453 e. The summed E-state index contributed by atoms with van der Waals surface area (Å²) in [6.45, 7) is 1.91. The first-order valence-electron chi connectivity index (χ1n) is 13.0. The molecule has 3 amide bonds. The number of hydrogen-bond acceptors (Lipinski definition) is 6. The molecule has 212 valence electrons. The van der Waals surface area contributed by atoms with Crippen LogP contribution in [-0.4, -0.2) is 51.2 Å². The highest BCUT2D eigenvalue weighted by Gasteiger charge is 2.22. The summed E-state index contributed by atoms with van der Waals surface area (Å²) in [5.74, 6) is -0.141. The highest BCUT2D eigenvalue weighted by atomic mass is 35.5. The summed E-state index contributed by atoms with van der Waals surface area (Å²) in [6.07, 6.45) is 3.47. The molecule has 0 spiro atoms. The fraction of sp³-hybridized carbons (Fsp3) is 0.241. The molecule has 0 aliphatic carbocycles. The molecule has 2 atom stereocenters. The number of nitrogens with one attached hydrogen (secondary N) is 5. The van der Waals surface area contributed by atoms with E-state index in [4.69, 9.17) is 16.6 Å². The number of aromatic amines is 2. The number of rotatable bonds is 4. The van der Waals surface area contributed by atoms with Gasteiger partial charge in [-0.1, -0.05) is 23.8 Å². The maximum Gasteiger partial charge on any atom is 0.411 e. The van der Waals surface area contributed by atoms with Crippen molar-refractivity contribution in [2.24, 2.45) is 0 Å². The van der Waals surface area contributed by atoms with Crippen LogP contribution < -0.4 is 16.0 Å². The third kappa shape index (κ3) is 6.42. The van der Waals surface area contributed by atoms with Crippen LogP contribution >= 0.6 is 11.6 Å². The average molecular weight is 577 g/mol. The molecule has 11 nitrogen and oxygen atoms in total. The van der Waals surface area contributed by atoms with E-state index in [2.05, 4.69) is 30.7 Å². The predicted molar refractivity (Wildman–Crippen MR) is 156 cm³/mol. The lowest BCUT2D eigenvalue weighted by molar-refractivity contribution is -0.121. The predicted octanol–water partition coefficient (Wildman–Crippen LogP) is 4.75. The van der Waals surface area contributed by atoms with Gasteiger partial charge >= 0.3 is 6.09 Å². The highest BCUT2D eigenvalue weighted by molar-refractivity contribution is 6.31. The van der Waals surface area contributed by atoms with Gasteiger partial charge in [-0.15, -0.1) is 0 Å². The number of carbonyl (C=O) groups excluding carboxylic acids is 3. The molecule has 2 aromatic heterocycles. The molecule has 0 fully saturated rings. The number of amides is 3. The maximum atomic E-state index is 13.3. The van der Waals surface area contributed by atoms with Crippen LogP contribution in [0.4, 0.5) is 16.2 Å². The molecule has 6 N–H and O–H groups in total. The van der Waals surface area contributed by atoms with Crippen molar-refractivity contribution in [2.75, 3.05) is 17.7 Å². The van der Waals surface area contributed by atoms with E-state index >= 15 is 0 Å². The van der Waals surface area contributed by atoms with Gasteiger partial charge in [0.05, 0.1) is 43.5 Å². The van der Waals surface area contributed by atoms with Gasteiger partial charge in [-0.25, -0.2) is 9.78 Å². The van der Waals surface area contributed by atoms with Gasteiger partial charge in [0, 0.05) is 39.1 Å². The fourth-order valence-electron chi connectivity index (χ4n) is 4.83. The number of benzene rings is 2. The van der Waals surface area contributed by atoms with Crippen molar-refractivity contribution in [2.45, 2.75) is 38.3 Å². The Labute approximate surface area is 240 Å². The molecule has 3 heterocycles. The second-order valence-electron chi connectivity index (χ2n) is 9.75. The van der Waals surface area contributed by atoms with Crippen molar-refractivity contribution >= 4 is 51.8 Å². The van der Waals surface area contributed by atoms with Crippen molar-refractivity contribution in [3.8, 4) is 11.3 Å². The van der Waals surface area contributed by atoms with E-state index in [1.54, 1.807) is 36.5 Å². The maximum absolute atomic E-state index is 13.3. The van der Waals surface area contributed by atoms with Crippen molar-refractivity contribution in [1.82, 2.24) is 20.3 Å². The monoisotopic (exact) mass is 576 g/mol. The number of carbonyl (C=O) groups is 3. The minimum absolute atomic E-state index is 0.125. The second kappa shape index (κ2) is 11.9. The summed E-state index contributed by atoms with van der Waals surface area (Å²) in [4.78, 5) is 48.9. The summed E-state index contributed by atoms with van der Waals surface area (Å²) < 4.78 is 4.65. The quantitative estimate of drug-likeness (QED) is 0.192. The molecular formula is C29H29ClN6O5. The van der Waals surface area contributed by atoms with Crippen molar-refractivity contribution in [3.05, 3.63) is 76.9 Å². The zero-order valence-corrected chi connectivity index (χ0v) is 23.1. The smallest absolute Gasteiger partial charge is 0.411 e. The minimum atomic E-state index is -1.04. The lowest BCUT2D eigenvalue weighted by atomic mass is 10.1. The second-order valence-corrected chi connectivity index (χ2v) is 10.2. The summed E-state index contributed by atoms with van der Waals surface area (Å²) in [6, 6.07) is 9.91. The van der Waals surface area contributed by atoms with Gasteiger partial charge in [-0.05, 0) is 55.3 Å². The first kappa shape index (κ1) is 27.9. The molecule has 2 unspecified atom stereocenters. The normalized spacial score (nSPS) is 17.8. The Balaban J connectivity index is 1.45. The van der Waals surface area contributed by atoms with Crippen molar-refractivity contribution in [3.63, 3.8) is 0 Å². The third-order valence-electron chi connectivity index (χ3n) is 6.81. The van der Waals surface area contributed by atoms with Gasteiger partial charge in [0.15, 0.2) is 0 Å². The Morgan fingerprint density at radius 1 is 1.22 bits per heavy atom. The number of aromatic nitrogens is 3. The number of hydrogen-bond donors (Lipinski definition) is 6. The molecule has 1 aliphatic heterocycles. The van der Waals surface area contributed by atoms with E-state index in [0.717, 1.165) is 22.2 Å². The summed E-state index contributed by atoms with van der Waals surface area (Å²) in [7, 11) is 1.25. The van der Waals surface area contributed by atoms with E-state index in [9.17, 15) is 19.5 Å². The van der Waals surface area contributed by atoms with Crippen LogP contribution in [0.3, 0.4) is 0 Å². The van der Waals surface area contributed by atoms with Crippen LogP contribution in [0.5, 0.6) is 0 Å². The third-order valence-corrected chi connectivity index (χ3v) is 7.04. The standard InChI is InChI=1S/C29H29ClN6O5/c1-15-20(21-10-16(30)6-9-22(21)32-15)13-27(39)34-23-5-3-4-18(37)12-26(38)35-24-11-17(33-29(40)41-2)7-8-19(24)25-14-31-28(23)36-25/h3-4,6-11,14,18,23,32,37H,5,12-13H2,1-2H3,(H,31,36)(H,33,40)(H,34,39)(H,35,38)/b4-3+. The van der Waals surface area contributed by atoms with Crippen molar-refractivity contribution < 1.29 is 24.2 Å². The number of fused-ring (bicyclic) bond motifs is 5. The molecule has 12 heteroatoms. The van der Waals surface area contributed by atoms with Crippen LogP contribution in [0, 0.1) is 6.92 Å². The van der Waals surface area contributed by atoms with Crippen LogP contribution in [0.1, 0.15) is 36.0 Å². The van der Waals surface area contributed by atoms with E-state index in [1.165, 1.54) is 13.2 Å². The molecule has 2 bridgehead atoms. The summed E-state index contributed by atoms with van der Waals surface area (Å²) >= 11 is 6.21. The average Bonchev–Trinajstić information content (AvgIpc) is 3.52. The van der Waals surface area contributed by atoms with Crippen molar-refractivity contribution in [1.29, 1.82) is 0 Å². The zero-order valence-electron chi connectivity index (χ0n) is 22.4. The van der Waals surface area contributed by atoms with Crippen LogP contribution in [-0.2, 0) is 20.7 Å². The Kier molecular flexibility index (Phi) is 8.09. The lowest BCUT2D eigenvalue weighted by Crippen LogP contribution is -2.30. The van der Waals surface area contributed by atoms with Gasteiger partial charge in [0.2, 0.25) is 11.8 Å². The first-order valence-corrected chi connectivity index (χ1v) is 13.3. The van der Waals surface area contributed by atoms with Gasteiger partial charge in [0.25, 0.3) is 0 Å². The van der Waals surface area contributed by atoms with Gasteiger partial charge in [-0.3, -0.25) is 14.9 Å². The summed E-state index contributed by atoms with van der Waals surface area (Å²) in [5, 5.41) is 20.3. The molecule has 0 saturated heterocycles. The number of anilines is 2. The molecule has 1 aliphatic rings. The van der Waals surface area contributed by atoms with E-state index in [0.29, 0.717) is 39.9 Å². The number of ether oxygens (including phenoxy) is 1. The molecule has 0 radical (unpaired) electrons. The number of halogens is 1. The van der Waals surface area contributed by atoms with Crippen LogP contribution in [0.2, 0.25) is 5.02 Å². The minimum Gasteiger partial charge on any atom is -0.453 e. The number of aliphatic hydroxyl groups is 1. The number of nitrogens with zero attached hydrogens (tertiary/aromatic N) is 1. The Bertz CT molecular complexity index is 1660. The molecule has 0 saturated carbocycles. The summed E-state index contributed by atoms with van der Waals surface area (Å²) in [5.41, 5.74) is 4.51. The number of methoxy groups -OCH3 is 1. The zero-order chi connectivity index (χ0) is 29.1. The first-order chi connectivity index (χ1) is 19.7. The molecule has 41 heavy (non-hydrogen) atoms. The number of H-pyrrole nitrogens is 2. The van der Waals surface area contributed by atoms with E-state index in [1.807, 2.05) is 19.1 Å². The number of aliphatic hydroxyl groups excluding tert-OH is 1. The molecule has 5 rings (SSSR count). The molecule has 4 aromatic rings. The fourth-order valence-corrected chi connectivity index (χ4v) is 5.00.